The molecule has 12 heteroatoms. The van der Waals surface area contributed by atoms with Gasteiger partial charge in [-0.3, -0.25) is 19.3 Å². The first-order chi connectivity index (χ1) is 21.6. The number of hydrogen-bond donors (Lipinski definition) is 3. The van der Waals surface area contributed by atoms with E-state index in [1.54, 1.807) is 4.90 Å². The molecule has 2 fully saturated rings. The first-order valence-electron chi connectivity index (χ1n) is 15.5. The number of likely N-dealkylation sites (tertiary alicyclic amines) is 2. The van der Waals surface area contributed by atoms with Crippen molar-refractivity contribution in [2.24, 2.45) is 5.92 Å². The van der Waals surface area contributed by atoms with Crippen molar-refractivity contribution in [3.8, 4) is 17.0 Å². The van der Waals surface area contributed by atoms with E-state index in [9.17, 15) is 19.2 Å². The molecule has 3 atom stereocenters. The number of nitrogens with one attached hydrogen (secondary N) is 3. The highest BCUT2D eigenvalue weighted by Gasteiger charge is 2.39. The van der Waals surface area contributed by atoms with E-state index in [-0.39, 0.29) is 29.7 Å². The van der Waals surface area contributed by atoms with Crippen molar-refractivity contribution in [2.75, 3.05) is 37.9 Å². The van der Waals surface area contributed by atoms with Gasteiger partial charge in [0, 0.05) is 34.9 Å². The number of fused-ring (bicyclic) bond motifs is 5. The molecule has 238 valence electrons. The van der Waals surface area contributed by atoms with Crippen LogP contribution in [0.4, 0.5) is 16.2 Å². The molecule has 2 unspecified atom stereocenters. The summed E-state index contributed by atoms with van der Waals surface area (Å²) in [6.07, 6.45) is 2.43. The highest BCUT2D eigenvalue weighted by atomic mass is 16.5. The van der Waals surface area contributed by atoms with Crippen LogP contribution in [-0.2, 0) is 25.9 Å². The van der Waals surface area contributed by atoms with Crippen molar-refractivity contribution in [3.05, 3.63) is 42.5 Å². The van der Waals surface area contributed by atoms with Crippen LogP contribution in [0.5, 0.6) is 5.75 Å². The predicted octanol–water partition coefficient (Wildman–Crippen LogP) is 4.00. The molecule has 0 saturated carbocycles. The van der Waals surface area contributed by atoms with Gasteiger partial charge >= 0.3 is 6.09 Å². The number of carbonyl (C=O) groups is 4. The Morgan fingerprint density at radius 1 is 0.911 bits per heavy atom. The summed E-state index contributed by atoms with van der Waals surface area (Å²) < 4.78 is 12.9. The minimum atomic E-state index is -0.790. The second-order valence-electron chi connectivity index (χ2n) is 12.4. The third-order valence-electron chi connectivity index (χ3n) is 9.10. The molecular weight excluding hydrogens is 576 g/mol. The summed E-state index contributed by atoms with van der Waals surface area (Å²) in [5, 5.41) is 9.59. The SMILES string of the molecule is COC(=O)NC(C(=O)N1CCCC1C(=O)Nc1ccc2c(c1)cc1n2COc2cc(NC(=O)[C@@H]3CCCN3C)ccc2-1)C(C)C. The van der Waals surface area contributed by atoms with Gasteiger partial charge in [0.2, 0.25) is 17.7 Å². The fourth-order valence-corrected chi connectivity index (χ4v) is 6.65. The number of rotatable bonds is 7. The minimum absolute atomic E-state index is 0.00265. The summed E-state index contributed by atoms with van der Waals surface area (Å²) in [6.45, 7) is 5.36. The Bertz CT molecular complexity index is 1650. The molecule has 0 spiro atoms. The molecule has 2 saturated heterocycles. The molecule has 3 aliphatic heterocycles. The molecule has 4 amide bonds. The molecule has 2 aromatic carbocycles. The molecular formula is C33H40N6O6. The Morgan fingerprint density at radius 2 is 1.60 bits per heavy atom. The standard InChI is InChI=1S/C33H40N6O6/c1-19(2)29(36-33(43)44-4)32(42)38-14-6-8-26(38)31(41)34-21-10-12-24-20(15-21)16-27-23-11-9-22(17-28(23)45-18-39(24)27)35-30(40)25-7-5-13-37(25)3/h9-12,15-17,19,25-26,29H,5-8,13-14,18H2,1-4H3,(H,34,41)(H,35,40)(H,36,43)/t25-,26?,29?/m0/s1. The number of ether oxygens (including phenoxy) is 2. The van der Waals surface area contributed by atoms with Crippen LogP contribution in [0.3, 0.4) is 0 Å². The highest BCUT2D eigenvalue weighted by Crippen LogP contribution is 2.40. The van der Waals surface area contributed by atoms with Crippen molar-refractivity contribution in [1.29, 1.82) is 0 Å². The number of amides is 4. The van der Waals surface area contributed by atoms with Gasteiger partial charge in [-0.1, -0.05) is 13.8 Å². The quantitative estimate of drug-likeness (QED) is 0.365. The van der Waals surface area contributed by atoms with Crippen molar-refractivity contribution >= 4 is 46.1 Å². The summed E-state index contributed by atoms with van der Waals surface area (Å²) in [5.41, 5.74) is 4.18. The number of benzene rings is 2. The van der Waals surface area contributed by atoms with Gasteiger partial charge in [-0.15, -0.1) is 0 Å². The average molecular weight is 617 g/mol. The fourth-order valence-electron chi connectivity index (χ4n) is 6.65. The van der Waals surface area contributed by atoms with E-state index in [2.05, 4.69) is 31.5 Å². The molecule has 0 radical (unpaired) electrons. The molecule has 12 nitrogen and oxygen atoms in total. The Morgan fingerprint density at radius 3 is 2.31 bits per heavy atom. The summed E-state index contributed by atoms with van der Waals surface area (Å²) in [4.78, 5) is 55.1. The Hall–Kier alpha value is -4.58. The monoisotopic (exact) mass is 616 g/mol. The van der Waals surface area contributed by atoms with Crippen LogP contribution in [0.2, 0.25) is 0 Å². The van der Waals surface area contributed by atoms with Gasteiger partial charge in [-0.05, 0) is 81.6 Å². The van der Waals surface area contributed by atoms with Gasteiger partial charge < -0.3 is 34.9 Å². The molecule has 3 aromatic rings. The van der Waals surface area contributed by atoms with Crippen molar-refractivity contribution < 1.29 is 28.7 Å². The minimum Gasteiger partial charge on any atom is -0.472 e. The molecule has 3 aliphatic rings. The average Bonchev–Trinajstić information content (AvgIpc) is 3.77. The lowest BCUT2D eigenvalue weighted by Gasteiger charge is -2.30. The number of methoxy groups -OCH3 is 1. The molecule has 1 aromatic heterocycles. The van der Waals surface area contributed by atoms with Crippen molar-refractivity contribution in [1.82, 2.24) is 19.7 Å². The number of carbonyl (C=O) groups excluding carboxylic acids is 4. The molecule has 3 N–H and O–H groups in total. The first kappa shape index (κ1) is 30.4. The van der Waals surface area contributed by atoms with Crippen LogP contribution < -0.4 is 20.7 Å². The number of likely N-dealkylation sites (N-methyl/N-ethyl adjacent to an activating group) is 1. The predicted molar refractivity (Wildman–Crippen MR) is 170 cm³/mol. The number of hydrogen-bond acceptors (Lipinski definition) is 7. The van der Waals surface area contributed by atoms with Gasteiger partial charge in [0.05, 0.1) is 24.4 Å². The summed E-state index contributed by atoms with van der Waals surface area (Å²) in [6, 6.07) is 12.0. The molecule has 0 aliphatic carbocycles. The van der Waals surface area contributed by atoms with E-state index in [0.717, 1.165) is 41.5 Å². The van der Waals surface area contributed by atoms with Crippen LogP contribution in [0.1, 0.15) is 39.5 Å². The van der Waals surface area contributed by atoms with Crippen LogP contribution in [0.15, 0.2) is 42.5 Å². The zero-order valence-electron chi connectivity index (χ0n) is 26.1. The zero-order chi connectivity index (χ0) is 31.8. The fraction of sp³-hybridized carbons (Fsp3) is 0.455. The molecule has 0 bridgehead atoms. The highest BCUT2D eigenvalue weighted by molar-refractivity contribution is 6.01. The normalized spacial score (nSPS) is 19.9. The van der Waals surface area contributed by atoms with Crippen LogP contribution >= 0.6 is 0 Å². The van der Waals surface area contributed by atoms with E-state index in [1.165, 1.54) is 7.11 Å². The van der Waals surface area contributed by atoms with E-state index < -0.39 is 18.2 Å². The first-order valence-corrected chi connectivity index (χ1v) is 15.5. The maximum atomic E-state index is 13.4. The third-order valence-corrected chi connectivity index (χ3v) is 9.10. The van der Waals surface area contributed by atoms with Gasteiger partial charge in [-0.2, -0.15) is 0 Å². The zero-order valence-corrected chi connectivity index (χ0v) is 26.1. The summed E-state index contributed by atoms with van der Waals surface area (Å²) in [7, 11) is 3.23. The Kier molecular flexibility index (Phi) is 8.41. The number of alkyl carbamates (subject to hydrolysis) is 1. The third kappa shape index (κ3) is 5.94. The largest absolute Gasteiger partial charge is 0.472 e. The smallest absolute Gasteiger partial charge is 0.407 e. The van der Waals surface area contributed by atoms with Gasteiger partial charge in [0.1, 0.15) is 17.8 Å². The molecule has 4 heterocycles. The Balaban J connectivity index is 1.17. The maximum Gasteiger partial charge on any atom is 0.407 e. The lowest BCUT2D eigenvalue weighted by molar-refractivity contribution is -0.139. The van der Waals surface area contributed by atoms with Gasteiger partial charge in [0.25, 0.3) is 0 Å². The van der Waals surface area contributed by atoms with Gasteiger partial charge in [-0.25, -0.2) is 4.79 Å². The van der Waals surface area contributed by atoms with Crippen LogP contribution in [0, 0.1) is 5.92 Å². The lowest BCUT2D eigenvalue weighted by Crippen LogP contribution is -2.54. The second kappa shape index (κ2) is 12.4. The van der Waals surface area contributed by atoms with E-state index >= 15 is 0 Å². The van der Waals surface area contributed by atoms with Crippen molar-refractivity contribution in [2.45, 2.75) is 64.4 Å². The second-order valence-corrected chi connectivity index (χ2v) is 12.4. The maximum absolute atomic E-state index is 13.4. The molecule has 6 rings (SSSR count). The van der Waals surface area contributed by atoms with Crippen molar-refractivity contribution in [3.63, 3.8) is 0 Å². The summed E-state index contributed by atoms with van der Waals surface area (Å²) in [5.74, 6) is -0.0452. The number of nitrogens with zero attached hydrogens (tertiary/aromatic N) is 3. The van der Waals surface area contributed by atoms with E-state index in [1.807, 2.05) is 57.3 Å². The molecule has 45 heavy (non-hydrogen) atoms. The number of aromatic nitrogens is 1. The lowest BCUT2D eigenvalue weighted by atomic mass is 10.0. The Labute approximate surface area is 262 Å². The topological polar surface area (TPSA) is 134 Å². The van der Waals surface area contributed by atoms with Gasteiger partial charge in [0.15, 0.2) is 6.73 Å². The van der Waals surface area contributed by atoms with Crippen LogP contribution in [-0.4, -0.2) is 83.6 Å². The van der Waals surface area contributed by atoms with E-state index in [4.69, 9.17) is 9.47 Å². The number of anilines is 2. The van der Waals surface area contributed by atoms with E-state index in [0.29, 0.717) is 43.2 Å². The summed E-state index contributed by atoms with van der Waals surface area (Å²) >= 11 is 0. The van der Waals surface area contributed by atoms with Crippen LogP contribution in [0.25, 0.3) is 22.2 Å².